The first-order valence-electron chi connectivity index (χ1n) is 8.13. The van der Waals surface area contributed by atoms with E-state index in [0.717, 1.165) is 27.9 Å². The van der Waals surface area contributed by atoms with E-state index in [9.17, 15) is 4.79 Å². The molecule has 7 heteroatoms. The van der Waals surface area contributed by atoms with Crippen molar-refractivity contribution in [1.29, 1.82) is 0 Å². The zero-order valence-electron chi connectivity index (χ0n) is 13.1. The van der Waals surface area contributed by atoms with Gasteiger partial charge in [-0.1, -0.05) is 36.3 Å². The van der Waals surface area contributed by atoms with E-state index in [-0.39, 0.29) is 11.9 Å². The van der Waals surface area contributed by atoms with Gasteiger partial charge in [-0.05, 0) is 25.0 Å². The molecule has 2 heterocycles. The van der Waals surface area contributed by atoms with Crippen LogP contribution in [0.3, 0.4) is 0 Å². The van der Waals surface area contributed by atoms with Gasteiger partial charge in [0, 0.05) is 19.0 Å². The fourth-order valence-corrected chi connectivity index (χ4v) is 4.64. The summed E-state index contributed by atoms with van der Waals surface area (Å²) in [6.45, 7) is 0. The molecule has 1 aliphatic carbocycles. The Kier molecular flexibility index (Phi) is 3.92. The van der Waals surface area contributed by atoms with Crippen molar-refractivity contribution >= 4 is 27.5 Å². The zero-order valence-corrected chi connectivity index (χ0v) is 13.9. The highest BCUT2D eigenvalue weighted by Crippen LogP contribution is 2.30. The van der Waals surface area contributed by atoms with Gasteiger partial charge in [0.25, 0.3) is 5.91 Å². The van der Waals surface area contributed by atoms with Crippen LogP contribution in [0.5, 0.6) is 0 Å². The first kappa shape index (κ1) is 14.9. The number of aromatic nitrogens is 1. The second-order valence-corrected chi connectivity index (χ2v) is 7.33. The van der Waals surface area contributed by atoms with Gasteiger partial charge < -0.3 is 4.57 Å². The third-order valence-electron chi connectivity index (χ3n) is 4.93. The Labute approximate surface area is 138 Å². The number of carbonyl (C=O) groups excluding carboxylic acids is 1. The van der Waals surface area contributed by atoms with E-state index in [1.54, 1.807) is 11.3 Å². The number of para-hydroxylation sites is 1. The molecule has 1 aromatic carbocycles. The van der Waals surface area contributed by atoms with E-state index < -0.39 is 0 Å². The number of thiazole rings is 1. The SMILES string of the molecule is Cn1/c(=N/NC(=O)C2NNC3CCCCC32)sc2ccccc21. The van der Waals surface area contributed by atoms with Gasteiger partial charge in [-0.2, -0.15) is 0 Å². The molecule has 3 atom stereocenters. The Morgan fingerprint density at radius 3 is 3.00 bits per heavy atom. The molecule has 23 heavy (non-hydrogen) atoms. The summed E-state index contributed by atoms with van der Waals surface area (Å²) in [4.78, 5) is 13.3. The Morgan fingerprint density at radius 1 is 1.30 bits per heavy atom. The molecular weight excluding hydrogens is 310 g/mol. The topological polar surface area (TPSA) is 70.5 Å². The van der Waals surface area contributed by atoms with E-state index in [0.29, 0.717) is 12.0 Å². The number of amides is 1. The largest absolute Gasteiger partial charge is 0.318 e. The molecule has 0 spiro atoms. The molecule has 1 aliphatic heterocycles. The summed E-state index contributed by atoms with van der Waals surface area (Å²) in [5, 5.41) is 4.34. The predicted molar refractivity (Wildman–Crippen MR) is 90.3 cm³/mol. The second-order valence-electron chi connectivity index (χ2n) is 6.32. The summed E-state index contributed by atoms with van der Waals surface area (Å²) in [5.41, 5.74) is 10.3. The van der Waals surface area contributed by atoms with Crippen LogP contribution in [0, 0.1) is 5.92 Å². The molecule has 1 saturated heterocycles. The van der Waals surface area contributed by atoms with E-state index in [2.05, 4.69) is 33.5 Å². The molecule has 2 fully saturated rings. The monoisotopic (exact) mass is 331 g/mol. The van der Waals surface area contributed by atoms with Crippen molar-refractivity contribution in [3.63, 3.8) is 0 Å². The summed E-state index contributed by atoms with van der Waals surface area (Å²) < 4.78 is 3.17. The average Bonchev–Trinajstić information content (AvgIpc) is 3.15. The molecule has 3 N–H and O–H groups in total. The van der Waals surface area contributed by atoms with E-state index in [1.807, 2.05) is 23.7 Å². The van der Waals surface area contributed by atoms with Gasteiger partial charge in [-0.3, -0.25) is 10.2 Å². The molecule has 0 radical (unpaired) electrons. The van der Waals surface area contributed by atoms with Gasteiger partial charge in [0.05, 0.1) is 10.2 Å². The Hall–Kier alpha value is -1.70. The highest BCUT2D eigenvalue weighted by molar-refractivity contribution is 7.16. The number of rotatable bonds is 2. The molecule has 2 aromatic rings. The zero-order chi connectivity index (χ0) is 15.8. The van der Waals surface area contributed by atoms with Crippen molar-refractivity contribution in [2.75, 3.05) is 0 Å². The van der Waals surface area contributed by atoms with E-state index in [1.165, 1.54) is 12.8 Å². The molecule has 2 aliphatic rings. The number of nitrogens with one attached hydrogen (secondary N) is 3. The maximum Gasteiger partial charge on any atom is 0.258 e. The number of aryl methyl sites for hydroxylation is 1. The molecule has 1 aromatic heterocycles. The van der Waals surface area contributed by atoms with Crippen molar-refractivity contribution in [3.05, 3.63) is 29.1 Å². The Bertz CT molecular complexity index is 795. The molecular formula is C16H21N5OS. The lowest BCUT2D eigenvalue weighted by Crippen LogP contribution is -2.44. The van der Waals surface area contributed by atoms with Gasteiger partial charge >= 0.3 is 0 Å². The van der Waals surface area contributed by atoms with Crippen LogP contribution in [-0.2, 0) is 11.8 Å². The summed E-state index contributed by atoms with van der Waals surface area (Å²) in [6.07, 6.45) is 4.69. The van der Waals surface area contributed by atoms with E-state index >= 15 is 0 Å². The number of carbonyl (C=O) groups is 1. The van der Waals surface area contributed by atoms with Crippen LogP contribution >= 0.6 is 11.3 Å². The fourth-order valence-electron chi connectivity index (χ4n) is 3.66. The third-order valence-corrected chi connectivity index (χ3v) is 6.04. The lowest BCUT2D eigenvalue weighted by Gasteiger charge is -2.26. The smallest absolute Gasteiger partial charge is 0.258 e. The molecule has 6 nitrogen and oxygen atoms in total. The van der Waals surface area contributed by atoms with Gasteiger partial charge in [0.2, 0.25) is 4.80 Å². The number of nitrogens with zero attached hydrogens (tertiary/aromatic N) is 2. The molecule has 1 saturated carbocycles. The van der Waals surface area contributed by atoms with Crippen LogP contribution in [0.4, 0.5) is 0 Å². The summed E-state index contributed by atoms with van der Waals surface area (Å²) >= 11 is 1.58. The van der Waals surface area contributed by atoms with Crippen molar-refractivity contribution in [1.82, 2.24) is 20.8 Å². The maximum atomic E-state index is 12.5. The Balaban J connectivity index is 1.53. The van der Waals surface area contributed by atoms with Crippen LogP contribution in [0.15, 0.2) is 29.4 Å². The highest BCUT2D eigenvalue weighted by atomic mass is 32.1. The standard InChI is InChI=1S/C16H21N5OS/c1-21-12-8-4-5-9-13(12)23-16(21)20-19-15(22)14-10-6-2-3-7-11(10)17-18-14/h4-5,8-11,14,17-18H,2-3,6-7H2,1H3,(H,19,22)/b20-16-. The van der Waals surface area contributed by atoms with Crippen LogP contribution in [0.1, 0.15) is 25.7 Å². The quantitative estimate of drug-likeness (QED) is 0.725. The van der Waals surface area contributed by atoms with Gasteiger partial charge in [-0.15, -0.1) is 5.10 Å². The first-order valence-corrected chi connectivity index (χ1v) is 8.95. The van der Waals surface area contributed by atoms with Gasteiger partial charge in [0.1, 0.15) is 6.04 Å². The molecule has 122 valence electrons. The van der Waals surface area contributed by atoms with Crippen molar-refractivity contribution in [3.8, 4) is 0 Å². The molecule has 4 rings (SSSR count). The highest BCUT2D eigenvalue weighted by Gasteiger charge is 2.40. The molecule has 0 bridgehead atoms. The molecule has 3 unspecified atom stereocenters. The lowest BCUT2D eigenvalue weighted by molar-refractivity contribution is -0.124. The average molecular weight is 331 g/mol. The number of hydrogen-bond donors (Lipinski definition) is 3. The molecule has 1 amide bonds. The van der Waals surface area contributed by atoms with Gasteiger partial charge in [-0.25, -0.2) is 10.9 Å². The number of benzene rings is 1. The normalized spacial score (nSPS) is 28.0. The Morgan fingerprint density at radius 2 is 2.13 bits per heavy atom. The first-order chi connectivity index (χ1) is 11.2. The van der Waals surface area contributed by atoms with Crippen LogP contribution in [0.25, 0.3) is 10.2 Å². The van der Waals surface area contributed by atoms with Gasteiger partial charge in [0.15, 0.2) is 0 Å². The number of fused-ring (bicyclic) bond motifs is 2. The summed E-state index contributed by atoms with van der Waals surface area (Å²) in [7, 11) is 1.97. The summed E-state index contributed by atoms with van der Waals surface area (Å²) in [5.74, 6) is 0.319. The van der Waals surface area contributed by atoms with Crippen molar-refractivity contribution < 1.29 is 4.79 Å². The van der Waals surface area contributed by atoms with Crippen LogP contribution < -0.4 is 21.1 Å². The number of hydrogen-bond acceptors (Lipinski definition) is 5. The van der Waals surface area contributed by atoms with Crippen molar-refractivity contribution in [2.24, 2.45) is 18.1 Å². The van der Waals surface area contributed by atoms with E-state index in [4.69, 9.17) is 0 Å². The minimum Gasteiger partial charge on any atom is -0.318 e. The maximum absolute atomic E-state index is 12.5. The minimum absolute atomic E-state index is 0.0515. The minimum atomic E-state index is -0.191. The fraction of sp³-hybridized carbons (Fsp3) is 0.500. The third kappa shape index (κ3) is 2.69. The lowest BCUT2D eigenvalue weighted by atomic mass is 9.81. The predicted octanol–water partition coefficient (Wildman–Crippen LogP) is 1.21. The van der Waals surface area contributed by atoms with Crippen LogP contribution in [0.2, 0.25) is 0 Å². The second kappa shape index (κ2) is 6.07. The van der Waals surface area contributed by atoms with Crippen LogP contribution in [-0.4, -0.2) is 22.6 Å². The number of hydrazine groups is 1. The summed E-state index contributed by atoms with van der Waals surface area (Å²) in [6, 6.07) is 8.37. The van der Waals surface area contributed by atoms with Crippen molar-refractivity contribution in [2.45, 2.75) is 37.8 Å².